The van der Waals surface area contributed by atoms with Crippen molar-refractivity contribution in [2.75, 3.05) is 0 Å². The summed E-state index contributed by atoms with van der Waals surface area (Å²) in [5.41, 5.74) is 1.06. The number of halogens is 2. The van der Waals surface area contributed by atoms with E-state index in [0.29, 0.717) is 18.4 Å². The van der Waals surface area contributed by atoms with Gasteiger partial charge in [0.25, 0.3) is 0 Å². The molecule has 1 amide bonds. The van der Waals surface area contributed by atoms with Crippen LogP contribution in [-0.2, 0) is 11.2 Å². The minimum absolute atomic E-state index is 0.0984. The molecule has 1 aliphatic carbocycles. The van der Waals surface area contributed by atoms with Crippen molar-refractivity contribution in [3.8, 4) is 0 Å². The van der Waals surface area contributed by atoms with E-state index in [1.165, 1.54) is 12.1 Å². The normalized spacial score (nSPS) is 20.6. The van der Waals surface area contributed by atoms with Gasteiger partial charge in [-0.05, 0) is 48.9 Å². The second-order valence-corrected chi connectivity index (χ2v) is 6.42. The van der Waals surface area contributed by atoms with Crippen LogP contribution in [0.1, 0.15) is 36.6 Å². The van der Waals surface area contributed by atoms with E-state index in [0.717, 1.165) is 11.8 Å². The van der Waals surface area contributed by atoms with Crippen molar-refractivity contribution in [2.45, 2.75) is 37.8 Å². The van der Waals surface area contributed by atoms with Gasteiger partial charge in [0, 0.05) is 18.7 Å². The average molecular weight is 346 g/mol. The number of carbonyl (C=O) groups excluding carboxylic acids is 1. The van der Waals surface area contributed by atoms with Crippen LogP contribution in [0.15, 0.2) is 42.6 Å². The Labute approximate surface area is 144 Å². The summed E-state index contributed by atoms with van der Waals surface area (Å²) in [4.78, 5) is 16.6. The highest BCUT2D eigenvalue weighted by molar-refractivity contribution is 5.76. The van der Waals surface area contributed by atoms with Crippen LogP contribution >= 0.6 is 0 Å². The number of carbonyl (C=O) groups is 1. The molecule has 0 bridgehead atoms. The topological polar surface area (TPSA) is 62.2 Å². The van der Waals surface area contributed by atoms with E-state index in [1.54, 1.807) is 12.3 Å². The van der Waals surface area contributed by atoms with Crippen molar-refractivity contribution in [3.63, 3.8) is 0 Å². The summed E-state index contributed by atoms with van der Waals surface area (Å²) in [6, 6.07) is 8.59. The van der Waals surface area contributed by atoms with Gasteiger partial charge in [-0.2, -0.15) is 0 Å². The first-order valence-corrected chi connectivity index (χ1v) is 8.35. The Morgan fingerprint density at radius 2 is 2.08 bits per heavy atom. The van der Waals surface area contributed by atoms with Gasteiger partial charge < -0.3 is 10.4 Å². The molecule has 1 aromatic heterocycles. The van der Waals surface area contributed by atoms with Crippen molar-refractivity contribution in [3.05, 3.63) is 65.5 Å². The molecule has 4 nitrogen and oxygen atoms in total. The molecular weight excluding hydrogens is 326 g/mol. The van der Waals surface area contributed by atoms with Crippen LogP contribution < -0.4 is 5.32 Å². The maximum atomic E-state index is 13.7. The number of rotatable bonds is 6. The Hall–Kier alpha value is -2.34. The third-order valence-corrected chi connectivity index (χ3v) is 4.58. The average Bonchev–Trinajstić information content (AvgIpc) is 2.57. The van der Waals surface area contributed by atoms with Gasteiger partial charge in [0.05, 0.1) is 17.8 Å². The van der Waals surface area contributed by atoms with E-state index in [1.807, 2.05) is 12.1 Å². The molecule has 1 atom stereocenters. The van der Waals surface area contributed by atoms with Gasteiger partial charge in [0.2, 0.25) is 5.91 Å². The number of benzene rings is 1. The number of pyridine rings is 1. The molecule has 2 aromatic rings. The van der Waals surface area contributed by atoms with Gasteiger partial charge in [0.1, 0.15) is 11.6 Å². The van der Waals surface area contributed by atoms with Crippen molar-refractivity contribution >= 4 is 5.91 Å². The zero-order valence-corrected chi connectivity index (χ0v) is 13.7. The molecule has 2 N–H and O–H groups in total. The first-order chi connectivity index (χ1) is 12.0. The SMILES string of the molecule is O=C(CCc1ccc(F)cc1F)NC(c1ccccn1)C1CC(O)C1. The molecule has 0 spiro atoms. The molecule has 132 valence electrons. The monoisotopic (exact) mass is 346 g/mol. The fourth-order valence-corrected chi connectivity index (χ4v) is 3.11. The zero-order chi connectivity index (χ0) is 17.8. The third kappa shape index (κ3) is 4.39. The highest BCUT2D eigenvalue weighted by atomic mass is 19.1. The third-order valence-electron chi connectivity index (χ3n) is 4.58. The number of nitrogens with zero attached hydrogens (tertiary/aromatic N) is 1. The van der Waals surface area contributed by atoms with E-state index in [9.17, 15) is 18.7 Å². The molecule has 1 unspecified atom stereocenters. The number of hydrogen-bond donors (Lipinski definition) is 2. The summed E-state index contributed by atoms with van der Waals surface area (Å²) in [6.07, 6.45) is 2.86. The molecule has 1 aromatic carbocycles. The van der Waals surface area contributed by atoms with Crippen LogP contribution in [0.2, 0.25) is 0 Å². The summed E-state index contributed by atoms with van der Waals surface area (Å²) in [7, 11) is 0. The second-order valence-electron chi connectivity index (χ2n) is 6.42. The van der Waals surface area contributed by atoms with Gasteiger partial charge in [-0.15, -0.1) is 0 Å². The molecule has 25 heavy (non-hydrogen) atoms. The molecule has 0 aliphatic heterocycles. The molecule has 1 heterocycles. The Morgan fingerprint density at radius 1 is 1.28 bits per heavy atom. The number of aromatic nitrogens is 1. The molecular formula is C19H20F2N2O2. The molecule has 1 fully saturated rings. The maximum absolute atomic E-state index is 13.7. The van der Waals surface area contributed by atoms with E-state index >= 15 is 0 Å². The van der Waals surface area contributed by atoms with Crippen LogP contribution in [0, 0.1) is 17.6 Å². The lowest BCUT2D eigenvalue weighted by Crippen LogP contribution is -2.41. The molecule has 1 saturated carbocycles. The first-order valence-electron chi connectivity index (χ1n) is 8.35. The van der Waals surface area contributed by atoms with Crippen molar-refractivity contribution in [2.24, 2.45) is 5.92 Å². The van der Waals surface area contributed by atoms with E-state index in [-0.39, 0.29) is 36.8 Å². The van der Waals surface area contributed by atoms with Crippen LogP contribution in [-0.4, -0.2) is 22.1 Å². The highest BCUT2D eigenvalue weighted by Gasteiger charge is 2.36. The van der Waals surface area contributed by atoms with Crippen LogP contribution in [0.4, 0.5) is 8.78 Å². The Bertz CT molecular complexity index is 733. The summed E-state index contributed by atoms with van der Waals surface area (Å²) in [5, 5.41) is 12.5. The quantitative estimate of drug-likeness (QED) is 0.845. The number of nitrogens with one attached hydrogen (secondary N) is 1. The number of amides is 1. The lowest BCUT2D eigenvalue weighted by molar-refractivity contribution is -0.123. The molecule has 6 heteroatoms. The summed E-state index contributed by atoms with van der Waals surface area (Å²) < 4.78 is 26.6. The minimum atomic E-state index is -0.642. The fourth-order valence-electron chi connectivity index (χ4n) is 3.11. The van der Waals surface area contributed by atoms with Gasteiger partial charge in [-0.3, -0.25) is 9.78 Å². The number of aryl methyl sites for hydroxylation is 1. The van der Waals surface area contributed by atoms with Crippen LogP contribution in [0.3, 0.4) is 0 Å². The highest BCUT2D eigenvalue weighted by Crippen LogP contribution is 2.37. The lowest BCUT2D eigenvalue weighted by atomic mass is 9.76. The molecule has 1 aliphatic rings. The van der Waals surface area contributed by atoms with Gasteiger partial charge >= 0.3 is 0 Å². The smallest absolute Gasteiger partial charge is 0.220 e. The minimum Gasteiger partial charge on any atom is -0.393 e. The molecule has 3 rings (SSSR count). The first kappa shape index (κ1) is 17.5. The zero-order valence-electron chi connectivity index (χ0n) is 13.7. The predicted octanol–water partition coefficient (Wildman–Crippen LogP) is 2.92. The van der Waals surface area contributed by atoms with Crippen molar-refractivity contribution in [1.82, 2.24) is 10.3 Å². The Morgan fingerprint density at radius 3 is 2.72 bits per heavy atom. The van der Waals surface area contributed by atoms with E-state index in [4.69, 9.17) is 0 Å². The molecule has 0 saturated heterocycles. The number of aliphatic hydroxyl groups is 1. The van der Waals surface area contributed by atoms with E-state index in [2.05, 4.69) is 10.3 Å². The van der Waals surface area contributed by atoms with Crippen molar-refractivity contribution in [1.29, 1.82) is 0 Å². The second kappa shape index (κ2) is 7.70. The Kier molecular flexibility index (Phi) is 5.38. The van der Waals surface area contributed by atoms with Crippen molar-refractivity contribution < 1.29 is 18.7 Å². The standard InChI is InChI=1S/C19H20F2N2O2/c20-14-6-4-12(16(21)11-14)5-7-18(25)23-19(13-9-15(24)10-13)17-3-1-2-8-22-17/h1-4,6,8,11,13,15,19,24H,5,7,9-10H2,(H,23,25). The molecule has 0 radical (unpaired) electrons. The van der Waals surface area contributed by atoms with Gasteiger partial charge in [-0.25, -0.2) is 8.78 Å². The lowest BCUT2D eigenvalue weighted by Gasteiger charge is -2.37. The summed E-state index contributed by atoms with van der Waals surface area (Å²) >= 11 is 0. The van der Waals surface area contributed by atoms with E-state index < -0.39 is 11.6 Å². The van der Waals surface area contributed by atoms with Crippen LogP contribution in [0.25, 0.3) is 0 Å². The number of aliphatic hydroxyl groups excluding tert-OH is 1. The Balaban J connectivity index is 1.62. The largest absolute Gasteiger partial charge is 0.393 e. The van der Waals surface area contributed by atoms with Gasteiger partial charge in [-0.1, -0.05) is 12.1 Å². The fraction of sp³-hybridized carbons (Fsp3) is 0.368. The van der Waals surface area contributed by atoms with Crippen LogP contribution in [0.5, 0.6) is 0 Å². The summed E-state index contributed by atoms with van der Waals surface area (Å²) in [6.45, 7) is 0. The number of hydrogen-bond acceptors (Lipinski definition) is 3. The van der Waals surface area contributed by atoms with Gasteiger partial charge in [0.15, 0.2) is 0 Å². The summed E-state index contributed by atoms with van der Waals surface area (Å²) in [5.74, 6) is -1.36. The maximum Gasteiger partial charge on any atom is 0.220 e. The predicted molar refractivity (Wildman–Crippen MR) is 88.5 cm³/mol.